The molecule has 1 aliphatic carbocycles. The fourth-order valence-corrected chi connectivity index (χ4v) is 3.58. The molecular weight excluding hydrogens is 292 g/mol. The lowest BCUT2D eigenvalue weighted by atomic mass is 9.85. The number of aromatic nitrogens is 1. The zero-order valence-electron chi connectivity index (χ0n) is 14.8. The maximum atomic E-state index is 12.8. The van der Waals surface area contributed by atoms with Crippen LogP contribution < -0.4 is 5.32 Å². The van der Waals surface area contributed by atoms with Crippen molar-refractivity contribution in [2.75, 3.05) is 7.11 Å². The van der Waals surface area contributed by atoms with E-state index in [0.717, 1.165) is 6.42 Å². The van der Waals surface area contributed by atoms with Crippen LogP contribution in [0.2, 0.25) is 0 Å². The van der Waals surface area contributed by atoms with E-state index in [9.17, 15) is 9.59 Å². The number of carbonyl (C=O) groups is 2. The number of ketones is 1. The van der Waals surface area contributed by atoms with Crippen LogP contribution in [-0.2, 0) is 4.74 Å². The molecule has 1 heterocycles. The fraction of sp³-hybridized carbons (Fsp3) is 0.667. The number of rotatable bonds is 5. The molecule has 0 amide bonds. The van der Waals surface area contributed by atoms with Crippen molar-refractivity contribution in [3.8, 4) is 0 Å². The van der Waals surface area contributed by atoms with Crippen LogP contribution in [0.25, 0.3) is 0 Å². The standard InChI is InChI=1S/C18H28N2O3/c1-10-8-6-7-9-14(10)19-13(4)17(21)16-11(2)15(12(3)20-16)18(22)23-5/h10,13-14,19-20H,6-9H2,1-5H3/t10-,13-,14+/m0/s1. The average molecular weight is 320 g/mol. The van der Waals surface area contributed by atoms with E-state index in [1.807, 2.05) is 6.92 Å². The highest BCUT2D eigenvalue weighted by atomic mass is 16.5. The number of H-pyrrole nitrogens is 1. The van der Waals surface area contributed by atoms with Crippen molar-refractivity contribution in [1.82, 2.24) is 10.3 Å². The Balaban J connectivity index is 2.15. The molecule has 3 atom stereocenters. The molecule has 5 nitrogen and oxygen atoms in total. The van der Waals surface area contributed by atoms with Crippen LogP contribution in [0, 0.1) is 19.8 Å². The van der Waals surface area contributed by atoms with Crippen molar-refractivity contribution in [1.29, 1.82) is 0 Å². The first-order valence-corrected chi connectivity index (χ1v) is 8.44. The number of aryl methyl sites for hydroxylation is 1. The second-order valence-corrected chi connectivity index (χ2v) is 6.74. The van der Waals surface area contributed by atoms with E-state index in [4.69, 9.17) is 4.74 Å². The molecule has 128 valence electrons. The molecule has 1 fully saturated rings. The molecule has 2 N–H and O–H groups in total. The van der Waals surface area contributed by atoms with Crippen LogP contribution in [-0.4, -0.2) is 35.9 Å². The number of Topliss-reactive ketones (excluding diaryl/α,β-unsaturated/α-hetero) is 1. The molecule has 2 rings (SSSR count). The molecule has 0 spiro atoms. The van der Waals surface area contributed by atoms with E-state index in [1.54, 1.807) is 13.8 Å². The maximum Gasteiger partial charge on any atom is 0.339 e. The van der Waals surface area contributed by atoms with Gasteiger partial charge in [0.1, 0.15) is 0 Å². The summed E-state index contributed by atoms with van der Waals surface area (Å²) in [6.07, 6.45) is 4.83. The highest BCUT2D eigenvalue weighted by Crippen LogP contribution is 2.25. The van der Waals surface area contributed by atoms with Gasteiger partial charge in [-0.05, 0) is 45.1 Å². The summed E-state index contributed by atoms with van der Waals surface area (Å²) in [5, 5.41) is 3.48. The Labute approximate surface area is 138 Å². The van der Waals surface area contributed by atoms with Crippen LogP contribution in [0.15, 0.2) is 0 Å². The van der Waals surface area contributed by atoms with E-state index in [2.05, 4.69) is 17.2 Å². The number of ether oxygens (including phenoxy) is 1. The normalized spacial score (nSPS) is 22.7. The number of hydrogen-bond donors (Lipinski definition) is 2. The number of methoxy groups -OCH3 is 1. The molecule has 1 aliphatic rings. The van der Waals surface area contributed by atoms with Crippen LogP contribution in [0.1, 0.15) is 71.6 Å². The van der Waals surface area contributed by atoms with Crippen molar-refractivity contribution in [2.24, 2.45) is 5.92 Å². The Hall–Kier alpha value is -1.62. The van der Waals surface area contributed by atoms with Crippen LogP contribution in [0.5, 0.6) is 0 Å². The zero-order chi connectivity index (χ0) is 17.1. The summed E-state index contributed by atoms with van der Waals surface area (Å²) in [4.78, 5) is 27.7. The molecule has 1 aromatic heterocycles. The first kappa shape index (κ1) is 17.7. The fourth-order valence-electron chi connectivity index (χ4n) is 3.58. The van der Waals surface area contributed by atoms with Gasteiger partial charge in [-0.1, -0.05) is 19.8 Å². The lowest BCUT2D eigenvalue weighted by Gasteiger charge is -2.31. The molecule has 0 bridgehead atoms. The van der Waals surface area contributed by atoms with Gasteiger partial charge in [-0.15, -0.1) is 0 Å². The minimum absolute atomic E-state index is 0.00136. The predicted molar refractivity (Wildman–Crippen MR) is 90.0 cm³/mol. The van der Waals surface area contributed by atoms with Crippen LogP contribution in [0.3, 0.4) is 0 Å². The zero-order valence-corrected chi connectivity index (χ0v) is 14.8. The Kier molecular flexibility index (Phi) is 5.63. The Morgan fingerprint density at radius 3 is 2.52 bits per heavy atom. The minimum Gasteiger partial charge on any atom is -0.465 e. The van der Waals surface area contributed by atoms with E-state index >= 15 is 0 Å². The van der Waals surface area contributed by atoms with E-state index in [1.165, 1.54) is 26.4 Å². The van der Waals surface area contributed by atoms with Crippen LogP contribution >= 0.6 is 0 Å². The maximum absolute atomic E-state index is 12.8. The van der Waals surface area contributed by atoms with Crippen molar-refractivity contribution < 1.29 is 14.3 Å². The van der Waals surface area contributed by atoms with Gasteiger partial charge >= 0.3 is 5.97 Å². The molecule has 0 aromatic carbocycles. The molecule has 0 unspecified atom stereocenters. The van der Waals surface area contributed by atoms with Crippen LogP contribution in [0.4, 0.5) is 0 Å². The third-order valence-electron chi connectivity index (χ3n) is 5.04. The lowest BCUT2D eigenvalue weighted by Crippen LogP contribution is -2.46. The first-order valence-electron chi connectivity index (χ1n) is 8.44. The second-order valence-electron chi connectivity index (χ2n) is 6.74. The highest BCUT2D eigenvalue weighted by Gasteiger charge is 2.28. The summed E-state index contributed by atoms with van der Waals surface area (Å²) in [5.74, 6) is 0.187. The first-order chi connectivity index (χ1) is 10.9. The monoisotopic (exact) mass is 320 g/mol. The van der Waals surface area contributed by atoms with Crippen molar-refractivity contribution in [2.45, 2.75) is 65.5 Å². The van der Waals surface area contributed by atoms with Gasteiger partial charge in [0.25, 0.3) is 0 Å². The van der Waals surface area contributed by atoms with Gasteiger partial charge in [0.05, 0.1) is 24.4 Å². The van der Waals surface area contributed by atoms with E-state index < -0.39 is 5.97 Å². The van der Waals surface area contributed by atoms with Crippen molar-refractivity contribution in [3.63, 3.8) is 0 Å². The molecular formula is C18H28N2O3. The van der Waals surface area contributed by atoms with E-state index in [-0.39, 0.29) is 11.8 Å². The van der Waals surface area contributed by atoms with E-state index in [0.29, 0.717) is 34.5 Å². The van der Waals surface area contributed by atoms with Gasteiger partial charge in [0.15, 0.2) is 5.78 Å². The molecule has 1 aromatic rings. The summed E-state index contributed by atoms with van der Waals surface area (Å²) in [6.45, 7) is 7.72. The number of nitrogens with one attached hydrogen (secondary N) is 2. The number of hydrogen-bond acceptors (Lipinski definition) is 4. The second kappa shape index (κ2) is 7.30. The Bertz CT molecular complexity index is 591. The number of aromatic amines is 1. The minimum atomic E-state index is -0.406. The smallest absolute Gasteiger partial charge is 0.339 e. The van der Waals surface area contributed by atoms with Gasteiger partial charge in [-0.25, -0.2) is 4.79 Å². The van der Waals surface area contributed by atoms with Gasteiger partial charge in [0.2, 0.25) is 0 Å². The molecule has 0 aliphatic heterocycles. The third-order valence-corrected chi connectivity index (χ3v) is 5.04. The summed E-state index contributed by atoms with van der Waals surface area (Å²) < 4.78 is 4.80. The predicted octanol–water partition coefficient (Wildman–Crippen LogP) is 3.16. The van der Waals surface area contributed by atoms with Crippen molar-refractivity contribution >= 4 is 11.8 Å². The van der Waals surface area contributed by atoms with Gasteiger partial charge < -0.3 is 15.0 Å². The summed E-state index contributed by atoms with van der Waals surface area (Å²) in [5.41, 5.74) is 2.32. The Morgan fingerprint density at radius 2 is 1.91 bits per heavy atom. The third kappa shape index (κ3) is 3.66. The molecule has 0 radical (unpaired) electrons. The Morgan fingerprint density at radius 1 is 1.26 bits per heavy atom. The molecule has 0 saturated heterocycles. The molecule has 23 heavy (non-hydrogen) atoms. The summed E-state index contributed by atoms with van der Waals surface area (Å²) >= 11 is 0. The molecule has 5 heteroatoms. The largest absolute Gasteiger partial charge is 0.465 e. The number of esters is 1. The summed E-state index contributed by atoms with van der Waals surface area (Å²) in [7, 11) is 1.35. The molecule has 1 saturated carbocycles. The van der Waals surface area contributed by atoms with Gasteiger partial charge in [0, 0.05) is 11.7 Å². The highest BCUT2D eigenvalue weighted by molar-refractivity contribution is 6.03. The topological polar surface area (TPSA) is 71.2 Å². The van der Waals surface area contributed by atoms with Gasteiger partial charge in [-0.3, -0.25) is 4.79 Å². The number of carbonyl (C=O) groups excluding carboxylic acids is 2. The van der Waals surface area contributed by atoms with Gasteiger partial charge in [-0.2, -0.15) is 0 Å². The SMILES string of the molecule is COC(=O)c1c(C)[nH]c(C(=O)[C@H](C)N[C@@H]2CCCC[C@@H]2C)c1C. The lowest BCUT2D eigenvalue weighted by molar-refractivity contribution is 0.0599. The summed E-state index contributed by atoms with van der Waals surface area (Å²) in [6, 6.07) is 0.113. The van der Waals surface area contributed by atoms with Crippen molar-refractivity contribution in [3.05, 3.63) is 22.5 Å². The average Bonchev–Trinajstić information content (AvgIpc) is 2.82. The quantitative estimate of drug-likeness (QED) is 0.646.